The van der Waals surface area contributed by atoms with E-state index < -0.39 is 27.8 Å². The summed E-state index contributed by atoms with van der Waals surface area (Å²) in [4.78, 5) is 41.8. The van der Waals surface area contributed by atoms with Gasteiger partial charge in [0.15, 0.2) is 21.6 Å². The predicted molar refractivity (Wildman–Crippen MR) is 176 cm³/mol. The summed E-state index contributed by atoms with van der Waals surface area (Å²) >= 11 is 14.4. The van der Waals surface area contributed by atoms with Crippen molar-refractivity contribution in [2.24, 2.45) is 58.7 Å². The molecule has 3 fully saturated rings. The molecule has 6 nitrogen and oxygen atoms in total. The number of carbonyl (C=O) groups is 3. The minimum Gasteiger partial charge on any atom is -0.490 e. The summed E-state index contributed by atoms with van der Waals surface area (Å²) in [5, 5.41) is 3.07. The van der Waals surface area contributed by atoms with E-state index in [0.717, 1.165) is 24.2 Å². The molecule has 0 spiro atoms. The second-order valence-electron chi connectivity index (χ2n) is 14.5. The molecule has 3 aliphatic carbocycles. The smallest absolute Gasteiger partial charge is 0.234 e. The van der Waals surface area contributed by atoms with Gasteiger partial charge in [0.05, 0.1) is 12.2 Å². The van der Waals surface area contributed by atoms with Crippen LogP contribution in [0.25, 0.3) is 0 Å². The van der Waals surface area contributed by atoms with Crippen molar-refractivity contribution in [1.82, 2.24) is 5.32 Å². The van der Waals surface area contributed by atoms with Gasteiger partial charge in [-0.2, -0.15) is 0 Å². The number of Topliss-reactive ketones (excluding diaryl/α,β-unsaturated/α-hetero) is 2. The number of nitrogens with one attached hydrogen (secondary N) is 1. The molecule has 12 atom stereocenters. The molecule has 2 saturated carbocycles. The lowest BCUT2D eigenvalue weighted by molar-refractivity contribution is -0.138. The fraction of sp³-hybridized carbons (Fsp3) is 0.583. The van der Waals surface area contributed by atoms with E-state index in [0.29, 0.717) is 23.8 Å². The lowest BCUT2D eigenvalue weighted by atomic mass is 9.55. The molecule has 8 rings (SSSR count). The van der Waals surface area contributed by atoms with Gasteiger partial charge in [-0.15, -0.1) is 6.58 Å². The molecule has 9 heteroatoms. The summed E-state index contributed by atoms with van der Waals surface area (Å²) in [5.41, 5.74) is 1.43. The number of allylic oxidation sites excluding steroid dienone is 3. The first-order valence-electron chi connectivity index (χ1n) is 16.0. The third kappa shape index (κ3) is 5.18. The Hall–Kier alpha value is -2.28. The number of hydrogen-bond donors (Lipinski definition) is 1. The van der Waals surface area contributed by atoms with Gasteiger partial charge in [-0.3, -0.25) is 14.4 Å². The molecule has 1 aromatic rings. The molecule has 1 saturated heterocycles. The van der Waals surface area contributed by atoms with E-state index in [1.54, 1.807) is 0 Å². The standard InChI is InChI=1S/C35H41NO5.CHCl3/c1-7-22-13-19(4)28-26-25(22)31(38)27-30-24(20(5)37)16-40-35(30,36-33(27)39)15-21-8-10-23(11-9-21)41-32(26)29-18(3)12-17(2)14-34(28,29)6;2-1(3)4/h7-11,13,16-18,22,25-30,32H,1,12,14-15H2,2-6H3,(H,36,39);1H/t17-,18+,22-,25+,26-,27+,28+,29+,30-,32+,34+,35-;/m1./s1. The van der Waals surface area contributed by atoms with Crippen molar-refractivity contribution >= 4 is 52.3 Å². The van der Waals surface area contributed by atoms with Gasteiger partial charge in [-0.25, -0.2) is 0 Å². The molecule has 7 aliphatic rings. The normalized spacial score (nSPS) is 42.5. The highest BCUT2D eigenvalue weighted by Crippen LogP contribution is 2.67. The molecule has 1 N–H and O–H groups in total. The second-order valence-corrected chi connectivity index (χ2v) is 16.5. The van der Waals surface area contributed by atoms with Crippen LogP contribution in [0.4, 0.5) is 0 Å². The average molecular weight is 675 g/mol. The van der Waals surface area contributed by atoms with Crippen molar-refractivity contribution in [3.63, 3.8) is 0 Å². The fourth-order valence-electron chi connectivity index (χ4n) is 10.8. The maximum Gasteiger partial charge on any atom is 0.234 e. The zero-order valence-electron chi connectivity index (χ0n) is 26.4. The summed E-state index contributed by atoms with van der Waals surface area (Å²) < 4.78 is 12.4. The monoisotopic (exact) mass is 673 g/mol. The largest absolute Gasteiger partial charge is 0.490 e. The number of fused-ring (bicyclic) bond motifs is 4. The maximum absolute atomic E-state index is 15.1. The highest BCUT2D eigenvalue weighted by Gasteiger charge is 2.69. The predicted octanol–water partition coefficient (Wildman–Crippen LogP) is 7.42. The first kappa shape index (κ1) is 32.7. The first-order chi connectivity index (χ1) is 21.2. The Labute approximate surface area is 280 Å². The van der Waals surface area contributed by atoms with Crippen LogP contribution in [0.5, 0.6) is 5.75 Å². The van der Waals surface area contributed by atoms with E-state index >= 15 is 4.79 Å². The van der Waals surface area contributed by atoms with Crippen LogP contribution in [0.15, 0.2) is 60.4 Å². The maximum atomic E-state index is 15.1. The SMILES string of the molecule is C=C[C@@H]1C=C(C)[C@H]2[C@@H]3[C@H](Oc4ccc(cc4)C[C@]45NC(=O)[C@H](C(=O)[C@@H]13)[C@H]4C(C(C)=O)=CO5)[C@@H]1[C@@H](C)C[C@@H](C)C[C@]12C.ClC(Cl)Cl. The van der Waals surface area contributed by atoms with Crippen LogP contribution in [-0.2, 0) is 25.5 Å². The van der Waals surface area contributed by atoms with Gasteiger partial charge in [0.2, 0.25) is 5.91 Å². The molecule has 4 bridgehead atoms. The van der Waals surface area contributed by atoms with E-state index in [9.17, 15) is 9.59 Å². The first-order valence-corrected chi connectivity index (χ1v) is 17.3. The zero-order valence-corrected chi connectivity index (χ0v) is 28.7. The Kier molecular flexibility index (Phi) is 8.53. The highest BCUT2D eigenvalue weighted by molar-refractivity contribution is 6.63. The number of ketones is 2. The van der Waals surface area contributed by atoms with Gasteiger partial charge in [0, 0.05) is 35.7 Å². The number of hydrogen-bond acceptors (Lipinski definition) is 5. The molecule has 45 heavy (non-hydrogen) atoms. The Morgan fingerprint density at radius 2 is 1.80 bits per heavy atom. The number of benzene rings is 1. The van der Waals surface area contributed by atoms with Gasteiger partial charge >= 0.3 is 0 Å². The van der Waals surface area contributed by atoms with E-state index in [4.69, 9.17) is 44.3 Å². The molecule has 4 heterocycles. The van der Waals surface area contributed by atoms with Gasteiger partial charge in [0.25, 0.3) is 0 Å². The Morgan fingerprint density at radius 1 is 1.13 bits per heavy atom. The van der Waals surface area contributed by atoms with Crippen molar-refractivity contribution < 1.29 is 23.9 Å². The third-order valence-electron chi connectivity index (χ3n) is 11.7. The number of carbonyl (C=O) groups excluding carboxylic acids is 3. The third-order valence-corrected chi connectivity index (χ3v) is 11.7. The molecule has 0 aromatic heterocycles. The van der Waals surface area contributed by atoms with Crippen molar-refractivity contribution in [2.45, 2.75) is 70.0 Å². The lowest BCUT2D eigenvalue weighted by Crippen LogP contribution is -2.49. The van der Waals surface area contributed by atoms with Gasteiger partial charge in [-0.05, 0) is 67.6 Å². The van der Waals surface area contributed by atoms with Crippen LogP contribution in [0, 0.1) is 58.7 Å². The molecule has 242 valence electrons. The quantitative estimate of drug-likeness (QED) is 0.201. The Morgan fingerprint density at radius 3 is 2.42 bits per heavy atom. The van der Waals surface area contributed by atoms with Crippen molar-refractivity contribution in [3.8, 4) is 5.75 Å². The van der Waals surface area contributed by atoms with Gasteiger partial charge in [-0.1, -0.05) is 85.4 Å². The Bertz CT molecular complexity index is 1470. The second kappa shape index (κ2) is 11.8. The minimum absolute atomic E-state index is 0.0444. The van der Waals surface area contributed by atoms with E-state index in [1.165, 1.54) is 18.8 Å². The zero-order chi connectivity index (χ0) is 32.6. The van der Waals surface area contributed by atoms with Crippen LogP contribution in [0.3, 0.4) is 0 Å². The summed E-state index contributed by atoms with van der Waals surface area (Å²) in [5.74, 6) is -0.959. The number of rotatable bonds is 2. The van der Waals surface area contributed by atoms with Crippen molar-refractivity contribution in [2.75, 3.05) is 0 Å². The topological polar surface area (TPSA) is 81.7 Å². The summed E-state index contributed by atoms with van der Waals surface area (Å²) in [6.45, 7) is 15.0. The van der Waals surface area contributed by atoms with Crippen molar-refractivity contribution in [3.05, 3.63) is 66.0 Å². The summed E-state index contributed by atoms with van der Waals surface area (Å²) in [6.07, 6.45) is 7.94. The van der Waals surface area contributed by atoms with Crippen molar-refractivity contribution in [1.29, 1.82) is 0 Å². The van der Waals surface area contributed by atoms with E-state index in [-0.39, 0.29) is 52.7 Å². The number of ether oxygens (including phenoxy) is 2. The van der Waals surface area contributed by atoms with Crippen LogP contribution >= 0.6 is 34.8 Å². The molecular formula is C36H42Cl3NO5. The van der Waals surface area contributed by atoms with Crippen LogP contribution in [0.1, 0.15) is 53.0 Å². The molecule has 1 amide bonds. The highest BCUT2D eigenvalue weighted by atomic mass is 35.6. The van der Waals surface area contributed by atoms with E-state index in [1.807, 2.05) is 30.3 Å². The van der Waals surface area contributed by atoms with Crippen LogP contribution in [-0.4, -0.2) is 33.6 Å². The molecule has 0 unspecified atom stereocenters. The summed E-state index contributed by atoms with van der Waals surface area (Å²) in [6, 6.07) is 8.05. The molecular weight excluding hydrogens is 633 g/mol. The van der Waals surface area contributed by atoms with E-state index in [2.05, 4.69) is 45.7 Å². The number of alkyl halides is 3. The number of halogens is 3. The average Bonchev–Trinajstić information content (AvgIpc) is 3.52. The van der Waals surface area contributed by atoms with Gasteiger partial charge < -0.3 is 14.8 Å². The minimum atomic E-state index is -1.17. The molecule has 0 radical (unpaired) electrons. The van der Waals surface area contributed by atoms with Crippen LogP contribution in [0.2, 0.25) is 0 Å². The Balaban J connectivity index is 0.000000845. The summed E-state index contributed by atoms with van der Waals surface area (Å²) in [7, 11) is 0. The molecule has 4 aliphatic heterocycles. The number of amides is 1. The van der Waals surface area contributed by atoms with Crippen LogP contribution < -0.4 is 10.1 Å². The molecule has 1 aromatic carbocycles. The lowest BCUT2D eigenvalue weighted by Gasteiger charge is -2.48. The fourth-order valence-corrected chi connectivity index (χ4v) is 10.8. The van der Waals surface area contributed by atoms with Gasteiger partial charge in [0.1, 0.15) is 17.8 Å².